The van der Waals surface area contributed by atoms with Crippen LogP contribution in [0.25, 0.3) is 0 Å². The van der Waals surface area contributed by atoms with Gasteiger partial charge in [0, 0.05) is 5.38 Å². The molecule has 0 saturated carbocycles. The second-order valence-electron chi connectivity index (χ2n) is 6.00. The number of ether oxygens (including phenoxy) is 1. The molecule has 1 atom stereocenters. The minimum atomic E-state index is -0.539. The molecule has 2 aromatic rings. The van der Waals surface area contributed by atoms with Crippen molar-refractivity contribution in [2.24, 2.45) is 0 Å². The molecule has 1 aromatic carbocycles. The number of nitrogens with two attached hydrogens (primary N) is 1. The molecular weight excluding hydrogens is 298 g/mol. The quantitative estimate of drug-likeness (QED) is 0.903. The Morgan fingerprint density at radius 3 is 2.59 bits per heavy atom. The second-order valence-corrected chi connectivity index (χ2v) is 6.89. The molecule has 0 aliphatic heterocycles. The number of alkyl carbamates (subject to hydrolysis) is 1. The zero-order valence-corrected chi connectivity index (χ0v) is 13.8. The smallest absolute Gasteiger partial charge is 0.408 e. The molecule has 0 saturated heterocycles. The molecular formula is C16H21N3O2S. The minimum absolute atomic E-state index is 0.272. The Morgan fingerprint density at radius 1 is 1.36 bits per heavy atom. The Hall–Kier alpha value is -2.08. The van der Waals surface area contributed by atoms with Crippen LogP contribution in [0.1, 0.15) is 38.1 Å². The van der Waals surface area contributed by atoms with Crippen LogP contribution in [0, 0.1) is 0 Å². The van der Waals surface area contributed by atoms with Crippen LogP contribution in [-0.4, -0.2) is 16.7 Å². The van der Waals surface area contributed by atoms with Gasteiger partial charge < -0.3 is 15.8 Å². The summed E-state index contributed by atoms with van der Waals surface area (Å²) in [5.74, 6) is 0. The summed E-state index contributed by atoms with van der Waals surface area (Å²) >= 11 is 1.36. The first-order chi connectivity index (χ1) is 10.3. The third-order valence-corrected chi connectivity index (χ3v) is 3.56. The fraction of sp³-hybridized carbons (Fsp3) is 0.375. The van der Waals surface area contributed by atoms with Gasteiger partial charge in [0.05, 0.1) is 11.7 Å². The zero-order valence-electron chi connectivity index (χ0n) is 13.0. The van der Waals surface area contributed by atoms with Crippen molar-refractivity contribution in [3.8, 4) is 0 Å². The normalized spacial score (nSPS) is 12.7. The highest BCUT2D eigenvalue weighted by atomic mass is 32.1. The van der Waals surface area contributed by atoms with E-state index in [1.807, 2.05) is 56.5 Å². The summed E-state index contributed by atoms with van der Waals surface area (Å²) in [4.78, 5) is 16.3. The van der Waals surface area contributed by atoms with Gasteiger partial charge in [-0.2, -0.15) is 0 Å². The number of rotatable bonds is 4. The molecule has 0 bridgehead atoms. The van der Waals surface area contributed by atoms with E-state index in [1.54, 1.807) is 0 Å². The summed E-state index contributed by atoms with van der Waals surface area (Å²) in [6.45, 7) is 5.50. The largest absolute Gasteiger partial charge is 0.444 e. The molecule has 1 heterocycles. The fourth-order valence-electron chi connectivity index (χ4n) is 1.99. The van der Waals surface area contributed by atoms with Crippen LogP contribution in [0.4, 0.5) is 9.93 Å². The number of carbonyl (C=O) groups excluding carboxylic acids is 1. The second kappa shape index (κ2) is 6.79. The maximum atomic E-state index is 12.1. The number of nitrogen functional groups attached to an aromatic ring is 1. The van der Waals surface area contributed by atoms with Crippen molar-refractivity contribution in [3.05, 3.63) is 47.0 Å². The monoisotopic (exact) mass is 319 g/mol. The highest BCUT2D eigenvalue weighted by molar-refractivity contribution is 7.13. The van der Waals surface area contributed by atoms with Gasteiger partial charge in [-0.3, -0.25) is 0 Å². The number of aromatic nitrogens is 1. The van der Waals surface area contributed by atoms with E-state index >= 15 is 0 Å². The average molecular weight is 319 g/mol. The molecule has 0 aliphatic rings. The number of benzene rings is 1. The molecule has 0 unspecified atom stereocenters. The number of anilines is 1. The lowest BCUT2D eigenvalue weighted by Crippen LogP contribution is -2.35. The summed E-state index contributed by atoms with van der Waals surface area (Å²) < 4.78 is 5.33. The first-order valence-electron chi connectivity index (χ1n) is 7.08. The van der Waals surface area contributed by atoms with Crippen molar-refractivity contribution < 1.29 is 9.53 Å². The summed E-state index contributed by atoms with van der Waals surface area (Å²) in [7, 11) is 0. The lowest BCUT2D eigenvalue weighted by Gasteiger charge is -2.23. The maximum absolute atomic E-state index is 12.1. The van der Waals surface area contributed by atoms with Gasteiger partial charge in [-0.25, -0.2) is 9.78 Å². The molecule has 0 fully saturated rings. The van der Waals surface area contributed by atoms with E-state index in [9.17, 15) is 4.79 Å². The van der Waals surface area contributed by atoms with E-state index in [-0.39, 0.29) is 6.04 Å². The molecule has 22 heavy (non-hydrogen) atoms. The molecule has 1 aromatic heterocycles. The Kier molecular flexibility index (Phi) is 5.03. The summed E-state index contributed by atoms with van der Waals surface area (Å²) in [6.07, 6.45) is 0.170. The van der Waals surface area contributed by atoms with Gasteiger partial charge in [-0.1, -0.05) is 30.3 Å². The van der Waals surface area contributed by atoms with Crippen molar-refractivity contribution in [1.82, 2.24) is 10.3 Å². The molecule has 0 aliphatic carbocycles. The van der Waals surface area contributed by atoms with Crippen LogP contribution in [-0.2, 0) is 11.2 Å². The van der Waals surface area contributed by atoms with Crippen LogP contribution in [0.2, 0.25) is 0 Å². The van der Waals surface area contributed by atoms with Crippen molar-refractivity contribution >= 4 is 22.6 Å². The Morgan fingerprint density at radius 2 is 2.05 bits per heavy atom. The third-order valence-electron chi connectivity index (χ3n) is 2.87. The standard InChI is InChI=1S/C16H21N3O2S/c1-16(2,3)21-15(20)19-12(13-10-22-14(17)18-13)9-11-7-5-4-6-8-11/h4-8,10,12H,9H2,1-3H3,(H2,17,18)(H,19,20)/t12-/m0/s1. The SMILES string of the molecule is CC(C)(C)OC(=O)N[C@@H](Cc1ccccc1)c1csc(N)n1. The lowest BCUT2D eigenvalue weighted by molar-refractivity contribution is 0.0502. The average Bonchev–Trinajstić information content (AvgIpc) is 2.84. The van der Waals surface area contributed by atoms with E-state index < -0.39 is 11.7 Å². The first kappa shape index (κ1) is 16.3. The van der Waals surface area contributed by atoms with Crippen molar-refractivity contribution in [2.45, 2.75) is 38.8 Å². The highest BCUT2D eigenvalue weighted by Crippen LogP contribution is 2.22. The highest BCUT2D eigenvalue weighted by Gasteiger charge is 2.22. The number of amides is 1. The summed E-state index contributed by atoms with van der Waals surface area (Å²) in [6, 6.07) is 9.65. The van der Waals surface area contributed by atoms with Gasteiger partial charge in [0.25, 0.3) is 0 Å². The van der Waals surface area contributed by atoms with Crippen LogP contribution in [0.3, 0.4) is 0 Å². The predicted octanol–water partition coefficient (Wildman–Crippen LogP) is 3.53. The van der Waals surface area contributed by atoms with E-state index in [2.05, 4.69) is 10.3 Å². The molecule has 1 amide bonds. The number of hydrogen-bond acceptors (Lipinski definition) is 5. The van der Waals surface area contributed by atoms with Gasteiger partial charge in [-0.15, -0.1) is 11.3 Å². The molecule has 118 valence electrons. The van der Waals surface area contributed by atoms with E-state index in [4.69, 9.17) is 10.5 Å². The number of nitrogens with one attached hydrogen (secondary N) is 1. The van der Waals surface area contributed by atoms with Gasteiger partial charge in [0.1, 0.15) is 5.60 Å². The zero-order chi connectivity index (χ0) is 16.2. The Bertz CT molecular complexity index is 620. The van der Waals surface area contributed by atoms with Crippen LogP contribution >= 0.6 is 11.3 Å². The third kappa shape index (κ3) is 5.04. The summed E-state index contributed by atoms with van der Waals surface area (Å²) in [5, 5.41) is 5.23. The Balaban J connectivity index is 2.13. The fourth-order valence-corrected chi connectivity index (χ4v) is 2.61. The minimum Gasteiger partial charge on any atom is -0.444 e. The van der Waals surface area contributed by atoms with Crippen LogP contribution < -0.4 is 11.1 Å². The van der Waals surface area contributed by atoms with Gasteiger partial charge in [0.15, 0.2) is 5.13 Å². The van der Waals surface area contributed by atoms with Crippen LogP contribution in [0.15, 0.2) is 35.7 Å². The summed E-state index contributed by atoms with van der Waals surface area (Å²) in [5.41, 5.74) is 7.02. The van der Waals surface area contributed by atoms with Crippen molar-refractivity contribution in [3.63, 3.8) is 0 Å². The van der Waals surface area contributed by atoms with Gasteiger partial charge >= 0.3 is 6.09 Å². The topological polar surface area (TPSA) is 77.2 Å². The van der Waals surface area contributed by atoms with Crippen molar-refractivity contribution in [1.29, 1.82) is 0 Å². The van der Waals surface area contributed by atoms with Crippen molar-refractivity contribution in [2.75, 3.05) is 5.73 Å². The number of carbonyl (C=O) groups is 1. The maximum Gasteiger partial charge on any atom is 0.408 e. The molecule has 2 rings (SSSR count). The van der Waals surface area contributed by atoms with Crippen LogP contribution in [0.5, 0.6) is 0 Å². The van der Waals surface area contributed by atoms with E-state index in [0.29, 0.717) is 11.6 Å². The van der Waals surface area contributed by atoms with E-state index in [0.717, 1.165) is 11.3 Å². The Labute approximate surface area is 134 Å². The molecule has 5 nitrogen and oxygen atoms in total. The van der Waals surface area contributed by atoms with Gasteiger partial charge in [-0.05, 0) is 32.8 Å². The number of hydrogen-bond donors (Lipinski definition) is 2. The molecule has 6 heteroatoms. The first-order valence-corrected chi connectivity index (χ1v) is 7.96. The number of thiazole rings is 1. The number of nitrogens with zero attached hydrogens (tertiary/aromatic N) is 1. The van der Waals surface area contributed by atoms with Gasteiger partial charge in [0.2, 0.25) is 0 Å². The molecule has 0 spiro atoms. The lowest BCUT2D eigenvalue weighted by atomic mass is 10.0. The predicted molar refractivity (Wildman–Crippen MR) is 88.8 cm³/mol. The van der Waals surface area contributed by atoms with E-state index in [1.165, 1.54) is 11.3 Å². The molecule has 3 N–H and O–H groups in total. The molecule has 0 radical (unpaired) electrons.